The number of thiophene rings is 1. The van der Waals surface area contributed by atoms with Gasteiger partial charge in [-0.3, -0.25) is 0 Å². The zero-order chi connectivity index (χ0) is 55.3. The van der Waals surface area contributed by atoms with Gasteiger partial charge in [0.25, 0.3) is 0 Å². The Bertz CT molecular complexity index is 4890. The number of benzene rings is 9. The zero-order valence-corrected chi connectivity index (χ0v) is 30.6. The van der Waals surface area contributed by atoms with Crippen LogP contribution in [0.4, 0.5) is 0 Å². The van der Waals surface area contributed by atoms with Crippen LogP contribution in [0.15, 0.2) is 200 Å². The fourth-order valence-electron chi connectivity index (χ4n) is 8.42. The van der Waals surface area contributed by atoms with E-state index in [4.69, 9.17) is 20.6 Å². The van der Waals surface area contributed by atoms with Gasteiger partial charge in [0.2, 0.25) is 0 Å². The van der Waals surface area contributed by atoms with Crippen LogP contribution in [0.25, 0.3) is 114 Å². The summed E-state index contributed by atoms with van der Waals surface area (Å²) >= 11 is 1.51. The summed E-state index contributed by atoms with van der Waals surface area (Å²) in [6, 6.07) is 12.1. The number of aromatic nitrogens is 3. The van der Waals surface area contributed by atoms with E-state index >= 15 is 0 Å². The number of hydrogen-bond acceptors (Lipinski definition) is 1. The van der Waals surface area contributed by atoms with Gasteiger partial charge in [-0.2, -0.15) is 0 Å². The first-order valence-corrected chi connectivity index (χ1v) is 19.0. The number of rotatable bonds is 4. The van der Waals surface area contributed by atoms with Crippen LogP contribution in [0, 0.1) is 0 Å². The van der Waals surface area contributed by atoms with Crippen molar-refractivity contribution in [2.45, 2.75) is 0 Å². The maximum Gasteiger partial charge on any atom is 0.0652 e. The summed E-state index contributed by atoms with van der Waals surface area (Å²) in [6.45, 7) is 0. The molecule has 0 spiro atoms. The molecule has 13 rings (SSSR count). The summed E-state index contributed by atoms with van der Waals surface area (Å²) in [6.07, 6.45) is 0. The molecule has 0 saturated carbocycles. The first-order valence-electron chi connectivity index (χ1n) is 28.2. The van der Waals surface area contributed by atoms with Gasteiger partial charge in [-0.15, -0.1) is 11.3 Å². The molecule has 0 unspecified atom stereocenters. The van der Waals surface area contributed by atoms with Crippen molar-refractivity contribution in [3.63, 3.8) is 0 Å². The molecule has 3 nitrogen and oxygen atoms in total. The Balaban J connectivity index is 1.15. The minimum Gasteiger partial charge on any atom is -0.309 e. The predicted molar refractivity (Wildman–Crippen MR) is 248 cm³/mol. The molecule has 0 aliphatic carbocycles. The summed E-state index contributed by atoms with van der Waals surface area (Å²) in [4.78, 5) is 0. The second-order valence-corrected chi connectivity index (χ2v) is 14.9. The fourth-order valence-corrected chi connectivity index (χ4v) is 9.53. The van der Waals surface area contributed by atoms with Gasteiger partial charge in [-0.1, -0.05) is 121 Å². The largest absolute Gasteiger partial charge is 0.309 e. The van der Waals surface area contributed by atoms with Crippen molar-refractivity contribution in [2.75, 3.05) is 0 Å². The molecule has 0 radical (unpaired) electrons. The van der Waals surface area contributed by atoms with Crippen LogP contribution in [0.3, 0.4) is 0 Å². The van der Waals surface area contributed by atoms with Crippen molar-refractivity contribution in [2.24, 2.45) is 0 Å². The van der Waals surface area contributed by atoms with Crippen molar-refractivity contribution in [1.29, 1.82) is 0 Å². The van der Waals surface area contributed by atoms with E-state index in [0.29, 0.717) is 16.8 Å². The minimum atomic E-state index is -0.739. The normalized spacial score (nSPS) is 17.0. The van der Waals surface area contributed by atoms with Crippen LogP contribution in [0.2, 0.25) is 0 Å². The molecule has 0 fully saturated rings. The average molecular weight is 776 g/mol. The summed E-state index contributed by atoms with van der Waals surface area (Å²) < 4.78 is 185. The quantitative estimate of drug-likeness (QED) is 0.169. The lowest BCUT2D eigenvalue weighted by Crippen LogP contribution is -1.98. The van der Waals surface area contributed by atoms with Crippen LogP contribution in [-0.4, -0.2) is 13.7 Å². The smallest absolute Gasteiger partial charge is 0.0652 e. The van der Waals surface area contributed by atoms with Crippen LogP contribution in [0.5, 0.6) is 0 Å². The zero-order valence-electron chi connectivity index (χ0n) is 49.8. The van der Waals surface area contributed by atoms with Crippen LogP contribution >= 0.6 is 11.3 Å². The van der Waals surface area contributed by atoms with Gasteiger partial charge >= 0.3 is 0 Å². The van der Waals surface area contributed by atoms with Crippen LogP contribution in [-0.2, 0) is 0 Å². The standard InChI is InChI=1S/C54H33N3S/c1-2-13-34(14-3-1)35-25-30-52-44(31-35)54-50(23-12-24-53(54)58-52)57-48-22-11-6-17-40(48)42-28-26-37(33-51(42)57)56-47-21-10-7-18-41(47)43-32-36(27-29-49(43)56)55-45-19-8-4-15-38(45)39-16-5-9-20-46(39)55/h1-33H/i1D,2D,3D,4D,5D,7D,8D,9D,10D,13D,14D,15D,16D,18D,19D,20D,21D,27D,29D,32D. The lowest BCUT2D eigenvalue weighted by Gasteiger charge is -2.13. The summed E-state index contributed by atoms with van der Waals surface area (Å²) in [5.74, 6) is 0. The highest BCUT2D eigenvalue weighted by Crippen LogP contribution is 2.43. The molecule has 0 bridgehead atoms. The van der Waals surface area contributed by atoms with E-state index < -0.39 is 125 Å². The van der Waals surface area contributed by atoms with Gasteiger partial charge in [0.1, 0.15) is 0 Å². The van der Waals surface area contributed by atoms with Gasteiger partial charge in [0, 0.05) is 63.9 Å². The highest BCUT2D eigenvalue weighted by Gasteiger charge is 2.20. The third-order valence-electron chi connectivity index (χ3n) is 10.8. The van der Waals surface area contributed by atoms with Crippen molar-refractivity contribution in [3.05, 3.63) is 200 Å². The van der Waals surface area contributed by atoms with Gasteiger partial charge in [0.15, 0.2) is 0 Å². The predicted octanol–water partition coefficient (Wildman–Crippen LogP) is 15.0. The molecule has 0 amide bonds. The molecule has 0 saturated heterocycles. The van der Waals surface area contributed by atoms with E-state index in [1.165, 1.54) is 15.9 Å². The van der Waals surface area contributed by atoms with E-state index in [0.717, 1.165) is 41.0 Å². The van der Waals surface area contributed by atoms with E-state index in [2.05, 4.69) is 0 Å². The molecule has 0 aliphatic heterocycles. The average Bonchev–Trinajstić information content (AvgIpc) is 4.19. The minimum absolute atomic E-state index is 0.0498. The molecule has 0 N–H and O–H groups in total. The molecule has 58 heavy (non-hydrogen) atoms. The number of para-hydroxylation sites is 4. The van der Waals surface area contributed by atoms with Crippen molar-refractivity contribution >= 4 is 96.9 Å². The monoisotopic (exact) mass is 775 g/mol. The van der Waals surface area contributed by atoms with E-state index in [1.54, 1.807) is 18.2 Å². The Morgan fingerprint density at radius 1 is 0.362 bits per heavy atom. The SMILES string of the molecule is [2H]c1c([2H])c([2H])c(-c2ccc3sc4cccc(-n5c6ccccc6c6ccc(-n7c8c([2H])c([2H])c([2H])c([2H])c8c8c([2H])c(-n9c%10c([2H])c([2H])c([2H])c([2H])c%10c%10c([2H])c([2H])c([2H])c([2H])c%109)c([2H])c([2H])c87)cc65)c4c3c2)c([2H])c1[2H]. The molecule has 9 aromatic carbocycles. The number of nitrogens with zero attached hydrogens (tertiary/aromatic N) is 3. The molecular formula is C54H33N3S. The highest BCUT2D eigenvalue weighted by atomic mass is 32.1. The molecule has 270 valence electrons. The Hall–Kier alpha value is -7.40. The molecule has 0 atom stereocenters. The van der Waals surface area contributed by atoms with Gasteiger partial charge in [0.05, 0.1) is 66.2 Å². The summed E-state index contributed by atoms with van der Waals surface area (Å²) in [7, 11) is 0. The van der Waals surface area contributed by atoms with E-state index in [1.807, 2.05) is 65.2 Å². The highest BCUT2D eigenvalue weighted by molar-refractivity contribution is 7.25. The van der Waals surface area contributed by atoms with Crippen LogP contribution in [0.1, 0.15) is 27.4 Å². The molecular weight excluding hydrogens is 723 g/mol. The van der Waals surface area contributed by atoms with Gasteiger partial charge in [-0.25, -0.2) is 0 Å². The van der Waals surface area contributed by atoms with E-state index in [-0.39, 0.29) is 55.9 Å². The molecule has 4 aromatic heterocycles. The Labute approximate surface area is 365 Å². The lowest BCUT2D eigenvalue weighted by atomic mass is 10.0. The Morgan fingerprint density at radius 3 is 1.79 bits per heavy atom. The summed E-state index contributed by atoms with van der Waals surface area (Å²) in [5, 5.41) is 2.01. The maximum atomic E-state index is 10.1. The van der Waals surface area contributed by atoms with Gasteiger partial charge < -0.3 is 13.7 Å². The molecule has 4 heteroatoms. The van der Waals surface area contributed by atoms with Crippen LogP contribution < -0.4 is 0 Å². The first kappa shape index (κ1) is 18.2. The lowest BCUT2D eigenvalue weighted by molar-refractivity contribution is 1.16. The Morgan fingerprint density at radius 2 is 1.02 bits per heavy atom. The molecule has 13 aromatic rings. The van der Waals surface area contributed by atoms with Gasteiger partial charge in [-0.05, 0) is 89.8 Å². The third-order valence-corrected chi connectivity index (χ3v) is 12.0. The second kappa shape index (κ2) is 12.1. The van der Waals surface area contributed by atoms with E-state index in [9.17, 15) is 6.85 Å². The summed E-state index contributed by atoms with van der Waals surface area (Å²) in [5.41, 5.74) is 1.09. The second-order valence-electron chi connectivity index (χ2n) is 13.8. The third kappa shape index (κ3) is 4.43. The number of hydrogen-bond donors (Lipinski definition) is 0. The maximum absolute atomic E-state index is 10.1. The van der Waals surface area contributed by atoms with Crippen molar-refractivity contribution in [1.82, 2.24) is 13.7 Å². The number of fused-ring (bicyclic) bond motifs is 12. The van der Waals surface area contributed by atoms with Crippen molar-refractivity contribution < 1.29 is 27.4 Å². The fraction of sp³-hybridized carbons (Fsp3) is 0. The van der Waals surface area contributed by atoms with Crippen molar-refractivity contribution in [3.8, 4) is 28.2 Å². The topological polar surface area (TPSA) is 14.8 Å². The molecule has 4 heterocycles. The first-order chi connectivity index (χ1) is 37.1. The Kier molecular flexibility index (Phi) is 3.79. The molecule has 0 aliphatic rings.